The van der Waals surface area contributed by atoms with Gasteiger partial charge < -0.3 is 36.1 Å². The highest BCUT2D eigenvalue weighted by Gasteiger charge is 2.28. The Morgan fingerprint density at radius 2 is 1.69 bits per heavy atom. The molecule has 0 heterocycles. The second-order valence-electron chi connectivity index (χ2n) is 2.96. The topological polar surface area (TPSA) is 161 Å². The number of hydrogen-bond acceptors (Lipinski definition) is 7. The molecule has 8 heteroatoms. The molecule has 0 radical (unpaired) electrons. The summed E-state index contributed by atoms with van der Waals surface area (Å²) >= 11 is 0. The van der Waals surface area contributed by atoms with E-state index >= 15 is 0 Å². The molecule has 0 aliphatic carbocycles. The number of carbonyl (C=O) groups excluding carboxylic acids is 1. The van der Waals surface area contributed by atoms with Gasteiger partial charge in [-0.15, -0.1) is 0 Å². The van der Waals surface area contributed by atoms with Crippen LogP contribution >= 0.6 is 0 Å². The number of carboxylic acids is 1. The molecule has 0 saturated heterocycles. The Balaban J connectivity index is 0. The number of aldehydes is 1. The molecule has 0 aromatic carbocycles. The molecule has 0 saturated carbocycles. The zero-order chi connectivity index (χ0) is 13.3. The number of nitrogens with two attached hydrogens (primary N) is 1. The molecule has 0 unspecified atom stereocenters. The minimum atomic E-state index is -1.62. The van der Waals surface area contributed by atoms with Crippen LogP contribution < -0.4 is 5.73 Å². The smallest absolute Gasteiger partial charge is 0.300 e. The Labute approximate surface area is 91.9 Å². The predicted octanol–water partition coefficient (Wildman–Crippen LogP) is -3.32. The van der Waals surface area contributed by atoms with E-state index in [1.54, 1.807) is 0 Å². The normalized spacial score (nSPS) is 17.4. The molecule has 0 aromatic heterocycles. The fraction of sp³-hybridized carbons (Fsp3) is 0.750. The lowest BCUT2D eigenvalue weighted by molar-refractivity contribution is -0.134. The van der Waals surface area contributed by atoms with E-state index in [4.69, 9.17) is 36.1 Å². The molecular weight excluding hydrogens is 222 g/mol. The van der Waals surface area contributed by atoms with Crippen molar-refractivity contribution in [3.05, 3.63) is 0 Å². The molecule has 0 aliphatic rings. The molecule has 0 amide bonds. The first-order valence-electron chi connectivity index (χ1n) is 4.33. The molecule has 4 atom stereocenters. The van der Waals surface area contributed by atoms with Gasteiger partial charge in [-0.25, -0.2) is 0 Å². The first kappa shape index (κ1) is 17.3. The summed E-state index contributed by atoms with van der Waals surface area (Å²) < 4.78 is 0. The quantitative estimate of drug-likeness (QED) is 0.271. The third kappa shape index (κ3) is 8.26. The third-order valence-electron chi connectivity index (χ3n) is 1.48. The number of aliphatic hydroxyl groups is 4. The minimum Gasteiger partial charge on any atom is -0.481 e. The number of carboxylic acid groups (broad SMARTS) is 1. The van der Waals surface area contributed by atoms with Gasteiger partial charge in [-0.3, -0.25) is 4.79 Å². The van der Waals surface area contributed by atoms with E-state index in [0.717, 1.165) is 6.92 Å². The Hall–Kier alpha value is -1.06. The van der Waals surface area contributed by atoms with E-state index in [0.29, 0.717) is 0 Å². The second kappa shape index (κ2) is 9.19. The van der Waals surface area contributed by atoms with Crippen molar-refractivity contribution in [3.8, 4) is 0 Å². The van der Waals surface area contributed by atoms with Gasteiger partial charge in [0.15, 0.2) is 0 Å². The van der Waals surface area contributed by atoms with Gasteiger partial charge in [0, 0.05) is 6.92 Å². The second-order valence-corrected chi connectivity index (χ2v) is 2.96. The van der Waals surface area contributed by atoms with Crippen LogP contribution in [0.25, 0.3) is 0 Å². The summed E-state index contributed by atoms with van der Waals surface area (Å²) in [5.74, 6) is -0.833. The van der Waals surface area contributed by atoms with Crippen molar-refractivity contribution < 1.29 is 35.1 Å². The molecule has 0 rings (SSSR count). The molecular formula is C8H17NO7. The fourth-order valence-electron chi connectivity index (χ4n) is 0.644. The Bertz CT molecular complexity index is 207. The fourth-order valence-corrected chi connectivity index (χ4v) is 0.644. The van der Waals surface area contributed by atoms with Gasteiger partial charge in [0.05, 0.1) is 12.6 Å². The molecule has 0 fully saturated rings. The summed E-state index contributed by atoms with van der Waals surface area (Å²) in [5.41, 5.74) is 5.04. The number of carbonyl (C=O) groups is 2. The summed E-state index contributed by atoms with van der Waals surface area (Å²) in [6, 6.07) is -1.26. The van der Waals surface area contributed by atoms with E-state index < -0.39 is 36.9 Å². The van der Waals surface area contributed by atoms with Crippen LogP contribution in [0, 0.1) is 0 Å². The zero-order valence-electron chi connectivity index (χ0n) is 8.72. The van der Waals surface area contributed by atoms with Crippen LogP contribution in [0.3, 0.4) is 0 Å². The SMILES string of the molecule is CC(=O)O.N[C@@H](C=O)[C@@H](O)[C@H](O)[C@H](O)CO. The molecule has 16 heavy (non-hydrogen) atoms. The largest absolute Gasteiger partial charge is 0.481 e. The van der Waals surface area contributed by atoms with E-state index in [1.807, 2.05) is 0 Å². The maximum Gasteiger partial charge on any atom is 0.300 e. The Kier molecular flexibility index (Phi) is 9.96. The van der Waals surface area contributed by atoms with Crippen molar-refractivity contribution in [1.29, 1.82) is 0 Å². The number of rotatable bonds is 5. The van der Waals surface area contributed by atoms with Crippen LogP contribution in [-0.2, 0) is 9.59 Å². The van der Waals surface area contributed by atoms with Crippen LogP contribution in [0.1, 0.15) is 6.92 Å². The van der Waals surface area contributed by atoms with Gasteiger partial charge in [-0.2, -0.15) is 0 Å². The van der Waals surface area contributed by atoms with Crippen LogP contribution in [0.4, 0.5) is 0 Å². The lowest BCUT2D eigenvalue weighted by Gasteiger charge is -2.23. The van der Waals surface area contributed by atoms with Crippen molar-refractivity contribution in [2.24, 2.45) is 5.73 Å². The lowest BCUT2D eigenvalue weighted by Crippen LogP contribution is -2.49. The highest BCUT2D eigenvalue weighted by molar-refractivity contribution is 5.62. The molecule has 0 spiro atoms. The van der Waals surface area contributed by atoms with Gasteiger partial charge in [0.2, 0.25) is 0 Å². The monoisotopic (exact) mass is 239 g/mol. The van der Waals surface area contributed by atoms with E-state index in [2.05, 4.69) is 0 Å². The van der Waals surface area contributed by atoms with Crippen LogP contribution in [0.2, 0.25) is 0 Å². The average molecular weight is 239 g/mol. The summed E-state index contributed by atoms with van der Waals surface area (Å²) in [6.07, 6.45) is -4.43. The van der Waals surface area contributed by atoms with Crippen molar-refractivity contribution >= 4 is 12.3 Å². The molecule has 96 valence electrons. The van der Waals surface area contributed by atoms with Crippen molar-refractivity contribution in [1.82, 2.24) is 0 Å². The summed E-state index contributed by atoms with van der Waals surface area (Å²) in [5, 5.41) is 42.6. The first-order chi connectivity index (χ1) is 7.27. The van der Waals surface area contributed by atoms with E-state index in [1.165, 1.54) is 0 Å². The molecule has 0 aliphatic heterocycles. The molecule has 0 aromatic rings. The maximum absolute atomic E-state index is 10.0. The van der Waals surface area contributed by atoms with E-state index in [9.17, 15) is 4.79 Å². The van der Waals surface area contributed by atoms with Gasteiger partial charge in [0.25, 0.3) is 5.97 Å². The minimum absolute atomic E-state index is 0.248. The Morgan fingerprint density at radius 3 is 1.94 bits per heavy atom. The number of hydrogen-bond donors (Lipinski definition) is 6. The summed E-state index contributed by atoms with van der Waals surface area (Å²) in [6.45, 7) is 0.379. The number of aliphatic hydroxyl groups excluding tert-OH is 4. The molecule has 7 N–H and O–H groups in total. The van der Waals surface area contributed by atoms with Crippen molar-refractivity contribution in [2.45, 2.75) is 31.3 Å². The van der Waals surface area contributed by atoms with Crippen LogP contribution in [-0.4, -0.2) is 68.7 Å². The zero-order valence-corrected chi connectivity index (χ0v) is 8.72. The van der Waals surface area contributed by atoms with Crippen LogP contribution in [0.5, 0.6) is 0 Å². The van der Waals surface area contributed by atoms with E-state index in [-0.39, 0.29) is 6.29 Å². The van der Waals surface area contributed by atoms with Crippen molar-refractivity contribution in [3.63, 3.8) is 0 Å². The summed E-state index contributed by atoms with van der Waals surface area (Å²) in [7, 11) is 0. The molecule has 8 nitrogen and oxygen atoms in total. The van der Waals surface area contributed by atoms with Crippen molar-refractivity contribution in [2.75, 3.05) is 6.61 Å². The Morgan fingerprint density at radius 1 is 1.31 bits per heavy atom. The van der Waals surface area contributed by atoms with Gasteiger partial charge in [0.1, 0.15) is 24.6 Å². The highest BCUT2D eigenvalue weighted by Crippen LogP contribution is 2.01. The first-order valence-corrected chi connectivity index (χ1v) is 4.33. The highest BCUT2D eigenvalue weighted by atomic mass is 16.4. The number of aliphatic carboxylic acids is 1. The maximum atomic E-state index is 10.0. The van der Waals surface area contributed by atoms with Gasteiger partial charge in [-0.1, -0.05) is 0 Å². The average Bonchev–Trinajstić information content (AvgIpc) is 2.24. The van der Waals surface area contributed by atoms with Crippen LogP contribution in [0.15, 0.2) is 0 Å². The van der Waals surface area contributed by atoms with Gasteiger partial charge >= 0.3 is 0 Å². The summed E-state index contributed by atoms with van der Waals surface area (Å²) in [4.78, 5) is 19.0. The van der Waals surface area contributed by atoms with Gasteiger partial charge in [-0.05, 0) is 0 Å². The predicted molar refractivity (Wildman–Crippen MR) is 52.5 cm³/mol. The standard InChI is InChI=1S/C6H13NO5.C2H4O2/c7-3(1-8)5(11)6(12)4(10)2-9;1-2(3)4/h1,3-6,9-12H,2,7H2;1H3,(H,3,4)/t3-,4+,5+,6+;/m0./s1. The third-order valence-corrected chi connectivity index (χ3v) is 1.48. The molecule has 0 bridgehead atoms. The lowest BCUT2D eigenvalue weighted by atomic mass is 10.0.